The molecule has 0 aliphatic carbocycles. The van der Waals surface area contributed by atoms with Crippen LogP contribution in [0.25, 0.3) is 0 Å². The number of nitrogens with zero attached hydrogens (tertiary/aromatic N) is 2. The van der Waals surface area contributed by atoms with Gasteiger partial charge in [-0.05, 0) is 31.0 Å². The van der Waals surface area contributed by atoms with Crippen LogP contribution in [0.2, 0.25) is 0 Å². The third kappa shape index (κ3) is 3.62. The summed E-state index contributed by atoms with van der Waals surface area (Å²) in [5.74, 6) is 2.29. The van der Waals surface area contributed by atoms with E-state index in [1.165, 1.54) is 17.7 Å². The zero-order chi connectivity index (χ0) is 13.0. The van der Waals surface area contributed by atoms with E-state index in [-0.39, 0.29) is 0 Å². The molecule has 2 N–H and O–H groups in total. The second-order valence-electron chi connectivity index (χ2n) is 5.41. The lowest BCUT2D eigenvalue weighted by molar-refractivity contribution is 0.635. The zero-order valence-electron chi connectivity index (χ0n) is 11.4. The van der Waals surface area contributed by atoms with E-state index in [1.807, 2.05) is 6.20 Å². The Labute approximate surface area is 114 Å². The molecule has 18 heavy (non-hydrogen) atoms. The van der Waals surface area contributed by atoms with E-state index in [0.29, 0.717) is 11.3 Å². The smallest absolute Gasteiger partial charge is 0.128 e. The van der Waals surface area contributed by atoms with Crippen molar-refractivity contribution in [1.82, 2.24) is 4.98 Å². The number of anilines is 1. The van der Waals surface area contributed by atoms with E-state index in [0.717, 1.165) is 25.3 Å². The van der Waals surface area contributed by atoms with Crippen LogP contribution in [-0.2, 0) is 6.42 Å². The lowest BCUT2D eigenvalue weighted by Crippen LogP contribution is -2.27. The van der Waals surface area contributed by atoms with Gasteiger partial charge >= 0.3 is 0 Å². The summed E-state index contributed by atoms with van der Waals surface area (Å²) < 4.78 is 0.397. The average molecular weight is 265 g/mol. The minimum Gasteiger partial charge on any atom is -0.356 e. The van der Waals surface area contributed by atoms with Crippen molar-refractivity contribution in [1.29, 1.82) is 0 Å². The SMILES string of the molecule is CC1(C)CCN(c2ccc(CCN)cn2)CCS1. The molecule has 1 aliphatic heterocycles. The molecule has 0 saturated carbocycles. The number of nitrogens with two attached hydrogens (primary N) is 1. The predicted octanol–water partition coefficient (Wildman–Crippen LogP) is 2.30. The van der Waals surface area contributed by atoms with Gasteiger partial charge in [0.15, 0.2) is 0 Å². The van der Waals surface area contributed by atoms with Gasteiger partial charge in [0.05, 0.1) is 0 Å². The first-order valence-corrected chi connectivity index (χ1v) is 7.63. The van der Waals surface area contributed by atoms with Gasteiger partial charge < -0.3 is 10.6 Å². The molecule has 100 valence electrons. The van der Waals surface area contributed by atoms with Gasteiger partial charge in [0.25, 0.3) is 0 Å². The summed E-state index contributed by atoms with van der Waals surface area (Å²) in [4.78, 5) is 6.97. The van der Waals surface area contributed by atoms with Gasteiger partial charge in [-0.15, -0.1) is 0 Å². The summed E-state index contributed by atoms with van der Waals surface area (Å²) in [6, 6.07) is 4.28. The molecule has 3 nitrogen and oxygen atoms in total. The van der Waals surface area contributed by atoms with Crippen LogP contribution in [0.5, 0.6) is 0 Å². The van der Waals surface area contributed by atoms with Crippen LogP contribution in [0.15, 0.2) is 18.3 Å². The molecule has 1 saturated heterocycles. The number of pyridine rings is 1. The van der Waals surface area contributed by atoms with E-state index in [2.05, 4.69) is 47.6 Å². The van der Waals surface area contributed by atoms with Gasteiger partial charge in [0.2, 0.25) is 0 Å². The molecule has 2 heterocycles. The highest BCUT2D eigenvalue weighted by Crippen LogP contribution is 2.31. The van der Waals surface area contributed by atoms with Crippen molar-refractivity contribution in [2.75, 3.05) is 30.3 Å². The second kappa shape index (κ2) is 5.93. The summed E-state index contributed by atoms with van der Waals surface area (Å²) in [5.41, 5.74) is 6.78. The van der Waals surface area contributed by atoms with Crippen molar-refractivity contribution < 1.29 is 0 Å². The standard InChI is InChI=1S/C14H23N3S/c1-14(2)6-8-17(9-10-18-14)13-4-3-12(5-7-15)11-16-13/h3-4,11H,5-10,15H2,1-2H3. The van der Waals surface area contributed by atoms with Gasteiger partial charge in [-0.25, -0.2) is 4.98 Å². The van der Waals surface area contributed by atoms with Crippen LogP contribution in [0.4, 0.5) is 5.82 Å². The van der Waals surface area contributed by atoms with Crippen LogP contribution in [0.1, 0.15) is 25.8 Å². The number of hydrogen-bond acceptors (Lipinski definition) is 4. The molecule has 2 rings (SSSR count). The average Bonchev–Trinajstić information content (AvgIpc) is 2.52. The highest BCUT2D eigenvalue weighted by molar-refractivity contribution is 8.00. The van der Waals surface area contributed by atoms with E-state index in [4.69, 9.17) is 5.73 Å². The first-order valence-electron chi connectivity index (χ1n) is 6.65. The zero-order valence-corrected chi connectivity index (χ0v) is 12.2. The highest BCUT2D eigenvalue weighted by atomic mass is 32.2. The highest BCUT2D eigenvalue weighted by Gasteiger charge is 2.24. The number of thioether (sulfide) groups is 1. The first kappa shape index (κ1) is 13.7. The molecule has 1 aromatic heterocycles. The summed E-state index contributed by atoms with van der Waals surface area (Å²) >= 11 is 2.06. The lowest BCUT2D eigenvalue weighted by atomic mass is 10.1. The molecule has 1 aliphatic rings. The quantitative estimate of drug-likeness (QED) is 0.910. The lowest BCUT2D eigenvalue weighted by Gasteiger charge is -2.23. The fraction of sp³-hybridized carbons (Fsp3) is 0.643. The molecule has 0 amide bonds. The Morgan fingerprint density at radius 3 is 2.89 bits per heavy atom. The van der Waals surface area contributed by atoms with Crippen molar-refractivity contribution in [2.24, 2.45) is 5.73 Å². The van der Waals surface area contributed by atoms with E-state index in [9.17, 15) is 0 Å². The van der Waals surface area contributed by atoms with Crippen LogP contribution < -0.4 is 10.6 Å². The van der Waals surface area contributed by atoms with Crippen LogP contribution >= 0.6 is 11.8 Å². The minimum atomic E-state index is 0.397. The van der Waals surface area contributed by atoms with Gasteiger partial charge in [-0.1, -0.05) is 19.9 Å². The topological polar surface area (TPSA) is 42.1 Å². The molecule has 1 fully saturated rings. The minimum absolute atomic E-state index is 0.397. The van der Waals surface area contributed by atoms with Gasteiger partial charge in [0.1, 0.15) is 5.82 Å². The van der Waals surface area contributed by atoms with Crippen LogP contribution in [0, 0.1) is 0 Å². The molecule has 1 aromatic rings. The van der Waals surface area contributed by atoms with E-state index in [1.54, 1.807) is 0 Å². The Morgan fingerprint density at radius 1 is 1.39 bits per heavy atom. The van der Waals surface area contributed by atoms with Gasteiger partial charge in [-0.2, -0.15) is 11.8 Å². The summed E-state index contributed by atoms with van der Waals surface area (Å²) in [5, 5.41) is 0. The molecular formula is C14H23N3S. The van der Waals surface area contributed by atoms with Crippen LogP contribution in [0.3, 0.4) is 0 Å². The van der Waals surface area contributed by atoms with Crippen molar-refractivity contribution in [3.05, 3.63) is 23.9 Å². The monoisotopic (exact) mass is 265 g/mol. The maximum atomic E-state index is 5.55. The number of rotatable bonds is 3. The Kier molecular flexibility index (Phi) is 4.51. The molecule has 0 atom stereocenters. The first-order chi connectivity index (χ1) is 8.61. The third-order valence-corrected chi connectivity index (χ3v) is 4.78. The molecule has 0 aromatic carbocycles. The van der Waals surface area contributed by atoms with Crippen molar-refractivity contribution in [3.8, 4) is 0 Å². The van der Waals surface area contributed by atoms with Gasteiger partial charge in [0, 0.05) is 29.8 Å². The maximum Gasteiger partial charge on any atom is 0.128 e. The van der Waals surface area contributed by atoms with Crippen molar-refractivity contribution in [3.63, 3.8) is 0 Å². The maximum absolute atomic E-state index is 5.55. The summed E-state index contributed by atoms with van der Waals surface area (Å²) in [7, 11) is 0. The molecule has 0 bridgehead atoms. The molecule has 4 heteroatoms. The largest absolute Gasteiger partial charge is 0.356 e. The summed E-state index contributed by atoms with van der Waals surface area (Å²) in [6.07, 6.45) is 4.09. The Morgan fingerprint density at radius 2 is 2.22 bits per heavy atom. The Bertz CT molecular complexity index is 375. The van der Waals surface area contributed by atoms with Crippen LogP contribution in [-0.4, -0.2) is 35.1 Å². The fourth-order valence-electron chi connectivity index (χ4n) is 2.17. The number of hydrogen-bond donors (Lipinski definition) is 1. The Balaban J connectivity index is 2.02. The second-order valence-corrected chi connectivity index (χ2v) is 7.21. The number of aromatic nitrogens is 1. The van der Waals surface area contributed by atoms with Crippen molar-refractivity contribution >= 4 is 17.6 Å². The molecule has 0 radical (unpaired) electrons. The molecular weight excluding hydrogens is 242 g/mol. The van der Waals surface area contributed by atoms with Crippen molar-refractivity contribution in [2.45, 2.75) is 31.4 Å². The normalized spacial score (nSPS) is 19.6. The van der Waals surface area contributed by atoms with E-state index < -0.39 is 0 Å². The van der Waals surface area contributed by atoms with E-state index >= 15 is 0 Å². The molecule has 0 spiro atoms. The molecule has 0 unspecified atom stereocenters. The fourth-order valence-corrected chi connectivity index (χ4v) is 3.27. The summed E-state index contributed by atoms with van der Waals surface area (Å²) in [6.45, 7) is 7.55. The Hall–Kier alpha value is -0.740. The third-order valence-electron chi connectivity index (χ3n) is 3.40. The van der Waals surface area contributed by atoms with Gasteiger partial charge in [-0.3, -0.25) is 0 Å². The predicted molar refractivity (Wildman–Crippen MR) is 80.4 cm³/mol.